The van der Waals surface area contributed by atoms with E-state index >= 15 is 0 Å². The second kappa shape index (κ2) is 6.57. The van der Waals surface area contributed by atoms with Gasteiger partial charge in [0.05, 0.1) is 11.6 Å². The van der Waals surface area contributed by atoms with Crippen LogP contribution in [0.1, 0.15) is 28.9 Å². The molecule has 0 aromatic heterocycles. The minimum absolute atomic E-state index is 0.119. The van der Waals surface area contributed by atoms with Crippen molar-refractivity contribution in [2.24, 2.45) is 0 Å². The van der Waals surface area contributed by atoms with Crippen molar-refractivity contribution in [2.75, 3.05) is 6.26 Å². The first-order valence-electron chi connectivity index (χ1n) is 6.31. The molecule has 1 unspecified atom stereocenters. The highest BCUT2D eigenvalue weighted by atomic mass is 32.2. The predicted molar refractivity (Wildman–Crippen MR) is 80.5 cm³/mol. The number of thioether (sulfide) groups is 1. The SMILES string of the molecule is CSc1ccccc1C(=O)NC(C)c1ccc(F)cc1. The molecule has 1 N–H and O–H groups in total. The van der Waals surface area contributed by atoms with E-state index < -0.39 is 0 Å². The van der Waals surface area contributed by atoms with E-state index in [0.717, 1.165) is 10.5 Å². The molecule has 1 atom stereocenters. The van der Waals surface area contributed by atoms with Crippen molar-refractivity contribution in [1.29, 1.82) is 0 Å². The smallest absolute Gasteiger partial charge is 0.252 e. The van der Waals surface area contributed by atoms with Gasteiger partial charge in [0.25, 0.3) is 5.91 Å². The minimum atomic E-state index is -0.278. The Kier molecular flexibility index (Phi) is 4.79. The highest BCUT2D eigenvalue weighted by Gasteiger charge is 2.14. The highest BCUT2D eigenvalue weighted by molar-refractivity contribution is 7.98. The number of benzene rings is 2. The topological polar surface area (TPSA) is 29.1 Å². The van der Waals surface area contributed by atoms with Crippen molar-refractivity contribution in [2.45, 2.75) is 17.9 Å². The standard InChI is InChI=1S/C16H16FNOS/c1-11(12-7-9-13(17)10-8-12)18-16(19)14-5-3-4-6-15(14)20-2/h3-11H,1-2H3,(H,18,19). The van der Waals surface area contributed by atoms with Gasteiger partial charge in [0.15, 0.2) is 0 Å². The molecule has 0 aliphatic carbocycles. The zero-order valence-corrected chi connectivity index (χ0v) is 12.2. The third-order valence-electron chi connectivity index (χ3n) is 3.07. The van der Waals surface area contributed by atoms with Gasteiger partial charge in [-0.3, -0.25) is 4.79 Å². The summed E-state index contributed by atoms with van der Waals surface area (Å²) >= 11 is 1.54. The molecule has 2 aromatic rings. The Balaban J connectivity index is 2.13. The molecule has 2 rings (SSSR count). The van der Waals surface area contributed by atoms with Crippen LogP contribution >= 0.6 is 11.8 Å². The first-order valence-corrected chi connectivity index (χ1v) is 7.53. The summed E-state index contributed by atoms with van der Waals surface area (Å²) in [7, 11) is 0. The lowest BCUT2D eigenvalue weighted by Crippen LogP contribution is -2.27. The van der Waals surface area contributed by atoms with Crippen LogP contribution < -0.4 is 5.32 Å². The van der Waals surface area contributed by atoms with E-state index in [2.05, 4.69) is 5.32 Å². The van der Waals surface area contributed by atoms with Gasteiger partial charge < -0.3 is 5.32 Å². The highest BCUT2D eigenvalue weighted by Crippen LogP contribution is 2.21. The van der Waals surface area contributed by atoms with Crippen molar-refractivity contribution in [3.05, 3.63) is 65.5 Å². The molecular weight excluding hydrogens is 273 g/mol. The Morgan fingerprint density at radius 2 is 1.80 bits per heavy atom. The third-order valence-corrected chi connectivity index (χ3v) is 3.87. The number of carbonyl (C=O) groups excluding carboxylic acids is 1. The molecule has 0 saturated heterocycles. The predicted octanol–water partition coefficient (Wildman–Crippen LogP) is 4.04. The van der Waals surface area contributed by atoms with Crippen molar-refractivity contribution >= 4 is 17.7 Å². The number of hydrogen-bond donors (Lipinski definition) is 1. The quantitative estimate of drug-likeness (QED) is 0.861. The zero-order chi connectivity index (χ0) is 14.5. The molecule has 2 nitrogen and oxygen atoms in total. The van der Waals surface area contributed by atoms with Gasteiger partial charge >= 0.3 is 0 Å². The van der Waals surface area contributed by atoms with Crippen LogP contribution in [0.3, 0.4) is 0 Å². The Morgan fingerprint density at radius 1 is 1.15 bits per heavy atom. The van der Waals surface area contributed by atoms with Crippen LogP contribution in [0.15, 0.2) is 53.4 Å². The summed E-state index contributed by atoms with van der Waals surface area (Å²) in [5.41, 5.74) is 1.54. The van der Waals surface area contributed by atoms with Crippen LogP contribution in [-0.4, -0.2) is 12.2 Å². The lowest BCUT2D eigenvalue weighted by Gasteiger charge is -2.15. The maximum atomic E-state index is 12.9. The Morgan fingerprint density at radius 3 is 2.45 bits per heavy atom. The number of halogens is 1. The van der Waals surface area contributed by atoms with Crippen LogP contribution in [0.5, 0.6) is 0 Å². The number of amides is 1. The van der Waals surface area contributed by atoms with E-state index in [1.165, 1.54) is 23.9 Å². The molecule has 1 amide bonds. The lowest BCUT2D eigenvalue weighted by molar-refractivity contribution is 0.0937. The number of rotatable bonds is 4. The van der Waals surface area contributed by atoms with E-state index in [4.69, 9.17) is 0 Å². The normalized spacial score (nSPS) is 11.9. The lowest BCUT2D eigenvalue weighted by atomic mass is 10.1. The van der Waals surface area contributed by atoms with E-state index in [0.29, 0.717) is 5.56 Å². The molecule has 0 saturated carbocycles. The van der Waals surface area contributed by atoms with Crippen LogP contribution in [0.2, 0.25) is 0 Å². The minimum Gasteiger partial charge on any atom is -0.345 e. The van der Waals surface area contributed by atoms with E-state index in [-0.39, 0.29) is 17.8 Å². The fraction of sp³-hybridized carbons (Fsp3) is 0.188. The maximum absolute atomic E-state index is 12.9. The van der Waals surface area contributed by atoms with E-state index in [1.54, 1.807) is 18.2 Å². The fourth-order valence-electron chi connectivity index (χ4n) is 1.94. The van der Waals surface area contributed by atoms with Crippen LogP contribution in [-0.2, 0) is 0 Å². The van der Waals surface area contributed by atoms with Crippen molar-refractivity contribution in [3.8, 4) is 0 Å². The molecule has 0 radical (unpaired) electrons. The monoisotopic (exact) mass is 289 g/mol. The summed E-state index contributed by atoms with van der Waals surface area (Å²) in [4.78, 5) is 13.2. The summed E-state index contributed by atoms with van der Waals surface area (Å²) in [5.74, 6) is -0.396. The summed E-state index contributed by atoms with van der Waals surface area (Å²) in [6.45, 7) is 1.88. The van der Waals surface area contributed by atoms with Gasteiger partial charge in [-0.25, -0.2) is 4.39 Å². The van der Waals surface area contributed by atoms with Crippen molar-refractivity contribution in [1.82, 2.24) is 5.32 Å². The number of carbonyl (C=O) groups is 1. The van der Waals surface area contributed by atoms with Crippen molar-refractivity contribution in [3.63, 3.8) is 0 Å². The van der Waals surface area contributed by atoms with E-state index in [1.807, 2.05) is 31.4 Å². The second-order valence-electron chi connectivity index (χ2n) is 4.45. The Bertz CT molecular complexity index is 598. The van der Waals surface area contributed by atoms with E-state index in [9.17, 15) is 9.18 Å². The number of nitrogens with one attached hydrogen (secondary N) is 1. The number of hydrogen-bond acceptors (Lipinski definition) is 2. The first-order chi connectivity index (χ1) is 9.61. The molecule has 2 aromatic carbocycles. The van der Waals surface area contributed by atoms with Gasteiger partial charge in [0, 0.05) is 4.90 Å². The molecule has 4 heteroatoms. The first kappa shape index (κ1) is 14.6. The third kappa shape index (κ3) is 3.39. The summed E-state index contributed by atoms with van der Waals surface area (Å²) in [5, 5.41) is 2.93. The van der Waals surface area contributed by atoms with Crippen LogP contribution in [0, 0.1) is 5.82 Å². The summed E-state index contributed by atoms with van der Waals surface area (Å²) < 4.78 is 12.9. The molecule has 20 heavy (non-hydrogen) atoms. The van der Waals surface area contributed by atoms with Gasteiger partial charge in [0.1, 0.15) is 5.82 Å². The molecule has 104 valence electrons. The van der Waals surface area contributed by atoms with Gasteiger partial charge in [-0.05, 0) is 43.0 Å². The molecule has 0 spiro atoms. The molecule has 0 heterocycles. The van der Waals surface area contributed by atoms with Gasteiger partial charge in [0.2, 0.25) is 0 Å². The van der Waals surface area contributed by atoms with Gasteiger partial charge in [-0.15, -0.1) is 11.8 Å². The average molecular weight is 289 g/mol. The molecule has 0 bridgehead atoms. The Hall–Kier alpha value is -1.81. The van der Waals surface area contributed by atoms with Gasteiger partial charge in [-0.2, -0.15) is 0 Å². The van der Waals surface area contributed by atoms with Gasteiger partial charge in [-0.1, -0.05) is 24.3 Å². The zero-order valence-electron chi connectivity index (χ0n) is 11.4. The van der Waals surface area contributed by atoms with Crippen molar-refractivity contribution < 1.29 is 9.18 Å². The molecule has 0 fully saturated rings. The largest absolute Gasteiger partial charge is 0.345 e. The molecule has 0 aliphatic heterocycles. The summed E-state index contributed by atoms with van der Waals surface area (Å²) in [6.07, 6.45) is 1.94. The average Bonchev–Trinajstić information content (AvgIpc) is 2.47. The van der Waals surface area contributed by atoms with Crippen LogP contribution in [0.25, 0.3) is 0 Å². The second-order valence-corrected chi connectivity index (χ2v) is 5.30. The summed E-state index contributed by atoms with van der Waals surface area (Å²) in [6, 6.07) is 13.5. The Labute approximate surface area is 122 Å². The molecule has 0 aliphatic rings. The maximum Gasteiger partial charge on any atom is 0.252 e. The fourth-order valence-corrected chi connectivity index (χ4v) is 2.54. The molecular formula is C16H16FNOS. The van der Waals surface area contributed by atoms with Crippen LogP contribution in [0.4, 0.5) is 4.39 Å².